The van der Waals surface area contributed by atoms with E-state index in [9.17, 15) is 4.79 Å². The molecular weight excluding hydrogens is 332 g/mol. The monoisotopic (exact) mass is 350 g/mol. The Morgan fingerprint density at radius 1 is 1.26 bits per heavy atom. The van der Waals surface area contributed by atoms with Crippen LogP contribution in [0.3, 0.4) is 0 Å². The summed E-state index contributed by atoms with van der Waals surface area (Å²) in [6, 6.07) is 0. The molecule has 1 aliphatic heterocycles. The first-order valence-corrected chi connectivity index (χ1v) is 9.63. The van der Waals surface area contributed by atoms with Crippen LogP contribution in [0.4, 0.5) is 0 Å². The molecule has 0 radical (unpaired) electrons. The number of aromatic nitrogens is 1. The van der Waals surface area contributed by atoms with Crippen LogP contribution >= 0.6 is 22.7 Å². The summed E-state index contributed by atoms with van der Waals surface area (Å²) in [5.41, 5.74) is 1.28. The van der Waals surface area contributed by atoms with Crippen LogP contribution in [0, 0.1) is 0 Å². The molecule has 0 unspecified atom stereocenters. The molecule has 0 spiro atoms. The quantitative estimate of drug-likeness (QED) is 0.921. The first-order chi connectivity index (χ1) is 11.3. The summed E-state index contributed by atoms with van der Waals surface area (Å²) in [6.07, 6.45) is 5.58. The Hall–Kier alpha value is -1.60. The normalized spacial score (nSPS) is 16.0. The number of thiazole rings is 1. The SMILES string of the molecule is O=C(NCCc1nc2c(s1)CCCC2)c1scc2c1OCCO2. The van der Waals surface area contributed by atoms with Gasteiger partial charge in [-0.3, -0.25) is 4.79 Å². The molecule has 3 heterocycles. The Bertz CT molecular complexity index is 699. The Labute approximate surface area is 142 Å². The molecular formula is C16H18N2O3S2. The predicted octanol–water partition coefficient (Wildman–Crippen LogP) is 2.83. The number of thiophene rings is 1. The summed E-state index contributed by atoms with van der Waals surface area (Å²) in [7, 11) is 0. The lowest BCUT2D eigenvalue weighted by atomic mass is 10.0. The van der Waals surface area contributed by atoms with Gasteiger partial charge in [-0.25, -0.2) is 4.98 Å². The minimum Gasteiger partial charge on any atom is -0.485 e. The number of hydrogen-bond donors (Lipinski definition) is 1. The topological polar surface area (TPSA) is 60.5 Å². The molecule has 0 atom stereocenters. The first-order valence-electron chi connectivity index (χ1n) is 7.94. The van der Waals surface area contributed by atoms with Gasteiger partial charge in [-0.2, -0.15) is 0 Å². The van der Waals surface area contributed by atoms with E-state index in [1.165, 1.54) is 34.7 Å². The highest BCUT2D eigenvalue weighted by atomic mass is 32.1. The fraction of sp³-hybridized carbons (Fsp3) is 0.500. The van der Waals surface area contributed by atoms with E-state index in [-0.39, 0.29) is 5.91 Å². The van der Waals surface area contributed by atoms with Crippen LogP contribution in [0.1, 0.15) is 38.1 Å². The van der Waals surface area contributed by atoms with Gasteiger partial charge in [0, 0.05) is 23.2 Å². The summed E-state index contributed by atoms with van der Waals surface area (Å²) >= 11 is 3.17. The molecule has 2 aromatic heterocycles. The Morgan fingerprint density at radius 2 is 2.13 bits per heavy atom. The second kappa shape index (κ2) is 6.49. The van der Waals surface area contributed by atoms with Crippen molar-refractivity contribution in [2.24, 2.45) is 0 Å². The Kier molecular flexibility index (Phi) is 4.22. The average Bonchev–Trinajstić information content (AvgIpc) is 3.18. The van der Waals surface area contributed by atoms with Gasteiger partial charge < -0.3 is 14.8 Å². The Morgan fingerprint density at radius 3 is 3.04 bits per heavy atom. The van der Waals surface area contributed by atoms with E-state index in [0.29, 0.717) is 36.1 Å². The zero-order valence-electron chi connectivity index (χ0n) is 12.7. The molecule has 23 heavy (non-hydrogen) atoms. The number of carbonyl (C=O) groups is 1. The van der Waals surface area contributed by atoms with Gasteiger partial charge in [0.05, 0.1) is 10.7 Å². The summed E-state index contributed by atoms with van der Waals surface area (Å²) in [6.45, 7) is 1.63. The highest BCUT2D eigenvalue weighted by Crippen LogP contribution is 2.39. The smallest absolute Gasteiger partial charge is 0.265 e. The fourth-order valence-electron chi connectivity index (χ4n) is 2.90. The van der Waals surface area contributed by atoms with Crippen molar-refractivity contribution in [3.63, 3.8) is 0 Å². The van der Waals surface area contributed by atoms with Crippen molar-refractivity contribution < 1.29 is 14.3 Å². The molecule has 0 saturated heterocycles. The first kappa shape index (κ1) is 15.0. The maximum absolute atomic E-state index is 12.3. The number of ether oxygens (including phenoxy) is 2. The lowest BCUT2D eigenvalue weighted by Gasteiger charge is -2.15. The second-order valence-corrected chi connectivity index (χ2v) is 7.69. The summed E-state index contributed by atoms with van der Waals surface area (Å²) in [5, 5.41) is 5.93. The van der Waals surface area contributed by atoms with Crippen LogP contribution in [0.5, 0.6) is 11.5 Å². The molecule has 1 aliphatic carbocycles. The van der Waals surface area contributed by atoms with Gasteiger partial charge in [0.2, 0.25) is 0 Å². The standard InChI is InChI=1S/C16H18N2O3S2/c19-16(15-14-11(9-22-15)20-7-8-21-14)17-6-5-13-18-10-3-1-2-4-12(10)23-13/h9H,1-8H2,(H,17,19). The molecule has 122 valence electrons. The third kappa shape index (κ3) is 3.07. The molecule has 1 N–H and O–H groups in total. The van der Waals surface area contributed by atoms with Gasteiger partial charge in [0.15, 0.2) is 11.5 Å². The third-order valence-electron chi connectivity index (χ3n) is 4.02. The number of fused-ring (bicyclic) bond motifs is 2. The van der Waals surface area contributed by atoms with Crippen LogP contribution in [-0.4, -0.2) is 30.6 Å². The van der Waals surface area contributed by atoms with Crippen LogP contribution in [0.25, 0.3) is 0 Å². The number of rotatable bonds is 4. The predicted molar refractivity (Wildman–Crippen MR) is 90.1 cm³/mol. The summed E-state index contributed by atoms with van der Waals surface area (Å²) < 4.78 is 11.0. The molecule has 0 bridgehead atoms. The van der Waals surface area contributed by atoms with E-state index in [4.69, 9.17) is 14.5 Å². The van der Waals surface area contributed by atoms with E-state index in [1.807, 2.05) is 5.38 Å². The minimum absolute atomic E-state index is 0.0944. The van der Waals surface area contributed by atoms with Gasteiger partial charge in [-0.1, -0.05) is 0 Å². The molecule has 0 saturated carbocycles. The lowest BCUT2D eigenvalue weighted by Crippen LogP contribution is -2.26. The van der Waals surface area contributed by atoms with Gasteiger partial charge >= 0.3 is 0 Å². The average molecular weight is 350 g/mol. The summed E-state index contributed by atoms with van der Waals surface area (Å²) in [5.74, 6) is 1.17. The number of hydrogen-bond acceptors (Lipinski definition) is 6. The van der Waals surface area contributed by atoms with Gasteiger partial charge in [0.25, 0.3) is 5.91 Å². The zero-order valence-corrected chi connectivity index (χ0v) is 14.4. The van der Waals surface area contributed by atoms with Crippen LogP contribution in [0.2, 0.25) is 0 Å². The number of amides is 1. The zero-order chi connectivity index (χ0) is 15.6. The molecule has 0 fully saturated rings. The van der Waals surface area contributed by atoms with Crippen molar-refractivity contribution in [2.75, 3.05) is 19.8 Å². The van der Waals surface area contributed by atoms with Crippen molar-refractivity contribution in [1.82, 2.24) is 10.3 Å². The number of carbonyl (C=O) groups excluding carboxylic acids is 1. The second-order valence-electron chi connectivity index (χ2n) is 5.65. The van der Waals surface area contributed by atoms with Crippen LogP contribution in [0.15, 0.2) is 5.38 Å². The summed E-state index contributed by atoms with van der Waals surface area (Å²) in [4.78, 5) is 19.1. The molecule has 5 nitrogen and oxygen atoms in total. The van der Waals surface area contributed by atoms with E-state index in [1.54, 1.807) is 11.3 Å². The number of nitrogens with one attached hydrogen (secondary N) is 1. The van der Waals surface area contributed by atoms with Gasteiger partial charge in [-0.15, -0.1) is 22.7 Å². The highest BCUT2D eigenvalue weighted by molar-refractivity contribution is 7.12. The number of nitrogens with zero attached hydrogens (tertiary/aromatic N) is 1. The Balaban J connectivity index is 1.35. The maximum atomic E-state index is 12.3. The van der Waals surface area contributed by atoms with Gasteiger partial charge in [-0.05, 0) is 25.7 Å². The fourth-order valence-corrected chi connectivity index (χ4v) is 4.90. The molecule has 0 aromatic carbocycles. The maximum Gasteiger partial charge on any atom is 0.265 e. The van der Waals surface area contributed by atoms with E-state index < -0.39 is 0 Å². The van der Waals surface area contributed by atoms with Crippen molar-refractivity contribution in [1.29, 1.82) is 0 Å². The lowest BCUT2D eigenvalue weighted by molar-refractivity contribution is 0.0949. The van der Waals surface area contributed by atoms with E-state index in [0.717, 1.165) is 24.3 Å². The molecule has 4 rings (SSSR count). The highest BCUT2D eigenvalue weighted by Gasteiger charge is 2.23. The molecule has 2 aliphatic rings. The molecule has 7 heteroatoms. The van der Waals surface area contributed by atoms with E-state index >= 15 is 0 Å². The van der Waals surface area contributed by atoms with Crippen LogP contribution < -0.4 is 14.8 Å². The minimum atomic E-state index is -0.0944. The largest absolute Gasteiger partial charge is 0.485 e. The van der Waals surface area contributed by atoms with Crippen LogP contribution in [-0.2, 0) is 19.3 Å². The molecule has 2 aromatic rings. The molecule has 1 amide bonds. The van der Waals surface area contributed by atoms with Crippen molar-refractivity contribution >= 4 is 28.6 Å². The number of aryl methyl sites for hydroxylation is 2. The van der Waals surface area contributed by atoms with E-state index in [2.05, 4.69) is 5.32 Å². The van der Waals surface area contributed by atoms with Gasteiger partial charge in [0.1, 0.15) is 18.1 Å². The van der Waals surface area contributed by atoms with Crippen molar-refractivity contribution in [3.05, 3.63) is 25.8 Å². The third-order valence-corrected chi connectivity index (χ3v) is 6.18. The van der Waals surface area contributed by atoms with Crippen molar-refractivity contribution in [2.45, 2.75) is 32.1 Å². The van der Waals surface area contributed by atoms with Crippen molar-refractivity contribution in [3.8, 4) is 11.5 Å².